The summed E-state index contributed by atoms with van der Waals surface area (Å²) in [6.45, 7) is 0. The lowest BCUT2D eigenvalue weighted by atomic mass is 9.74. The Bertz CT molecular complexity index is 1310. The summed E-state index contributed by atoms with van der Waals surface area (Å²) in [5, 5.41) is 2.27. The van der Waals surface area contributed by atoms with Crippen LogP contribution in [0.2, 0.25) is 0 Å². The second-order valence-corrected chi connectivity index (χ2v) is 8.46. The van der Waals surface area contributed by atoms with Gasteiger partial charge in [0, 0.05) is 11.9 Å². The first-order valence-electron chi connectivity index (χ1n) is 11.5. The van der Waals surface area contributed by atoms with Gasteiger partial charge in [-0.1, -0.05) is 18.2 Å². The number of amides is 4. The van der Waals surface area contributed by atoms with Gasteiger partial charge in [0.2, 0.25) is 11.7 Å². The lowest BCUT2D eigenvalue weighted by Gasteiger charge is -2.39. The van der Waals surface area contributed by atoms with Crippen LogP contribution in [0.25, 0.3) is 0 Å². The summed E-state index contributed by atoms with van der Waals surface area (Å²) >= 11 is 0. The topological polar surface area (TPSA) is 107 Å². The van der Waals surface area contributed by atoms with Gasteiger partial charge < -0.3 is 14.2 Å². The SMILES string of the molecule is COc1cc(C[C@]2(CCc3ccccn3)C(=O)NC(=O)N(c3ccccc3F)C2=O)cc(OC)c1OC. The van der Waals surface area contributed by atoms with Gasteiger partial charge in [0.15, 0.2) is 11.5 Å². The minimum atomic E-state index is -1.77. The van der Waals surface area contributed by atoms with Crippen molar-refractivity contribution in [1.29, 1.82) is 0 Å². The first-order chi connectivity index (χ1) is 17.8. The number of rotatable bonds is 9. The molecule has 0 saturated carbocycles. The Labute approximate surface area is 213 Å². The van der Waals surface area contributed by atoms with Crippen molar-refractivity contribution in [1.82, 2.24) is 10.3 Å². The molecule has 1 atom stereocenters. The Kier molecular flexibility index (Phi) is 7.37. The third-order valence-electron chi connectivity index (χ3n) is 6.33. The van der Waals surface area contributed by atoms with E-state index in [0.717, 1.165) is 6.07 Å². The van der Waals surface area contributed by atoms with Gasteiger partial charge in [-0.05, 0) is 61.2 Å². The molecular formula is C27H26FN3O6. The maximum absolute atomic E-state index is 14.7. The van der Waals surface area contributed by atoms with Crippen molar-refractivity contribution in [3.63, 3.8) is 0 Å². The zero-order valence-electron chi connectivity index (χ0n) is 20.6. The number of hydrogen-bond acceptors (Lipinski definition) is 7. The average molecular weight is 508 g/mol. The summed E-state index contributed by atoms with van der Waals surface area (Å²) in [6.07, 6.45) is 1.74. The van der Waals surface area contributed by atoms with Gasteiger partial charge in [0.25, 0.3) is 5.91 Å². The van der Waals surface area contributed by atoms with Crippen LogP contribution in [-0.2, 0) is 22.4 Å². The highest BCUT2D eigenvalue weighted by Crippen LogP contribution is 2.42. The van der Waals surface area contributed by atoms with Crippen LogP contribution in [0.1, 0.15) is 17.7 Å². The van der Waals surface area contributed by atoms with E-state index < -0.39 is 29.1 Å². The minimum absolute atomic E-state index is 0.00354. The molecule has 4 amide bonds. The molecule has 2 heterocycles. The standard InChI is InChI=1S/C27H26FN3O6/c1-35-21-14-17(15-22(36-2)23(21)37-3)16-27(12-11-18-8-6-7-13-29-18)24(32)30-26(34)31(25(27)33)20-10-5-4-9-19(20)28/h4-10,13-15H,11-12,16H2,1-3H3,(H,30,32,34)/t27-/m1/s1. The Morgan fingerprint density at radius 2 is 1.62 bits per heavy atom. The van der Waals surface area contributed by atoms with Crippen molar-refractivity contribution in [2.24, 2.45) is 5.41 Å². The Morgan fingerprint density at radius 3 is 2.22 bits per heavy atom. The van der Waals surface area contributed by atoms with Crippen LogP contribution in [0, 0.1) is 11.2 Å². The number of barbiturate groups is 1. The molecule has 1 N–H and O–H groups in total. The molecule has 0 spiro atoms. The molecule has 1 fully saturated rings. The third kappa shape index (κ3) is 4.82. The van der Waals surface area contributed by atoms with Crippen LogP contribution in [0.5, 0.6) is 17.2 Å². The molecule has 1 aliphatic heterocycles. The zero-order chi connectivity index (χ0) is 26.6. The first-order valence-corrected chi connectivity index (χ1v) is 11.5. The van der Waals surface area contributed by atoms with E-state index in [0.29, 0.717) is 33.4 Å². The van der Waals surface area contributed by atoms with Crippen LogP contribution in [0.4, 0.5) is 14.9 Å². The summed E-state index contributed by atoms with van der Waals surface area (Å²) in [5.74, 6) is -1.37. The molecule has 9 nitrogen and oxygen atoms in total. The highest BCUT2D eigenvalue weighted by molar-refractivity contribution is 6.30. The van der Waals surface area contributed by atoms with Crippen molar-refractivity contribution in [2.75, 3.05) is 26.2 Å². The normalized spacial score (nSPS) is 17.4. The van der Waals surface area contributed by atoms with E-state index in [1.54, 1.807) is 36.5 Å². The van der Waals surface area contributed by atoms with Crippen LogP contribution >= 0.6 is 0 Å². The van der Waals surface area contributed by atoms with Crippen molar-refractivity contribution >= 4 is 23.5 Å². The zero-order valence-corrected chi connectivity index (χ0v) is 20.6. The van der Waals surface area contributed by atoms with Gasteiger partial charge in [-0.15, -0.1) is 0 Å². The number of nitrogens with one attached hydrogen (secondary N) is 1. The number of aryl methyl sites for hydroxylation is 1. The number of pyridine rings is 1. The van der Waals surface area contributed by atoms with E-state index >= 15 is 0 Å². The van der Waals surface area contributed by atoms with Gasteiger partial charge in [-0.3, -0.25) is 19.9 Å². The molecule has 37 heavy (non-hydrogen) atoms. The predicted octanol–water partition coefficient (Wildman–Crippen LogP) is 3.69. The highest BCUT2D eigenvalue weighted by Gasteiger charge is 2.54. The number of urea groups is 1. The van der Waals surface area contributed by atoms with E-state index in [4.69, 9.17) is 14.2 Å². The predicted molar refractivity (Wildman–Crippen MR) is 132 cm³/mol. The summed E-state index contributed by atoms with van der Waals surface area (Å²) in [6, 6.07) is 13.0. The smallest absolute Gasteiger partial charge is 0.335 e. The molecule has 4 rings (SSSR count). The molecular weight excluding hydrogens is 481 g/mol. The summed E-state index contributed by atoms with van der Waals surface area (Å²) in [4.78, 5) is 45.3. The number of benzene rings is 2. The number of carbonyl (C=O) groups excluding carboxylic acids is 3. The monoisotopic (exact) mass is 507 g/mol. The average Bonchev–Trinajstić information content (AvgIpc) is 2.91. The lowest BCUT2D eigenvalue weighted by Crippen LogP contribution is -2.65. The molecule has 10 heteroatoms. The number of ether oxygens (including phenoxy) is 3. The Balaban J connectivity index is 1.83. The number of hydrogen-bond donors (Lipinski definition) is 1. The van der Waals surface area contributed by atoms with E-state index in [9.17, 15) is 18.8 Å². The number of halogens is 1. The van der Waals surface area contributed by atoms with Gasteiger partial charge in [0.1, 0.15) is 11.2 Å². The van der Waals surface area contributed by atoms with Gasteiger partial charge >= 0.3 is 6.03 Å². The molecule has 192 valence electrons. The lowest BCUT2D eigenvalue weighted by molar-refractivity contribution is -0.143. The highest BCUT2D eigenvalue weighted by atomic mass is 19.1. The van der Waals surface area contributed by atoms with Crippen molar-refractivity contribution in [3.8, 4) is 17.2 Å². The third-order valence-corrected chi connectivity index (χ3v) is 6.33. The fourth-order valence-corrected chi connectivity index (χ4v) is 4.47. The molecule has 3 aromatic rings. The molecule has 1 aliphatic rings. The number of para-hydroxylation sites is 1. The van der Waals surface area contributed by atoms with Crippen LogP contribution in [0.15, 0.2) is 60.8 Å². The minimum Gasteiger partial charge on any atom is -0.493 e. The van der Waals surface area contributed by atoms with E-state index in [1.807, 2.05) is 0 Å². The fourth-order valence-electron chi connectivity index (χ4n) is 4.47. The maximum atomic E-state index is 14.7. The van der Waals surface area contributed by atoms with E-state index in [2.05, 4.69) is 10.3 Å². The molecule has 0 unspecified atom stereocenters. The number of imide groups is 2. The van der Waals surface area contributed by atoms with Crippen LogP contribution in [-0.4, -0.2) is 44.2 Å². The van der Waals surface area contributed by atoms with Gasteiger partial charge in [-0.2, -0.15) is 0 Å². The van der Waals surface area contributed by atoms with E-state index in [1.165, 1.54) is 39.5 Å². The maximum Gasteiger partial charge on any atom is 0.335 e. The number of anilines is 1. The number of carbonyl (C=O) groups is 3. The fraction of sp³-hybridized carbons (Fsp3) is 0.259. The number of nitrogens with zero attached hydrogens (tertiary/aromatic N) is 2. The largest absolute Gasteiger partial charge is 0.493 e. The van der Waals surface area contributed by atoms with Crippen LogP contribution < -0.4 is 24.4 Å². The summed E-state index contributed by atoms with van der Waals surface area (Å²) < 4.78 is 31.0. The molecule has 0 aliphatic carbocycles. The van der Waals surface area contributed by atoms with Crippen molar-refractivity contribution < 1.29 is 33.0 Å². The molecule has 1 aromatic heterocycles. The van der Waals surface area contributed by atoms with Gasteiger partial charge in [0.05, 0.1) is 27.0 Å². The molecule has 0 bridgehead atoms. The van der Waals surface area contributed by atoms with Crippen molar-refractivity contribution in [3.05, 3.63) is 77.9 Å². The van der Waals surface area contributed by atoms with Crippen LogP contribution in [0.3, 0.4) is 0 Å². The number of aromatic nitrogens is 1. The Hall–Kier alpha value is -4.47. The number of methoxy groups -OCH3 is 3. The molecule has 2 aromatic carbocycles. The molecule has 0 radical (unpaired) electrons. The second-order valence-electron chi connectivity index (χ2n) is 8.46. The summed E-state index contributed by atoms with van der Waals surface area (Å²) in [7, 11) is 4.37. The Morgan fingerprint density at radius 1 is 0.946 bits per heavy atom. The first kappa shape index (κ1) is 25.6. The quantitative estimate of drug-likeness (QED) is 0.440. The van der Waals surface area contributed by atoms with Crippen molar-refractivity contribution in [2.45, 2.75) is 19.3 Å². The second kappa shape index (κ2) is 10.7. The van der Waals surface area contributed by atoms with E-state index in [-0.39, 0.29) is 24.9 Å². The summed E-state index contributed by atoms with van der Waals surface area (Å²) in [5.41, 5.74) is -0.841. The van der Waals surface area contributed by atoms with Gasteiger partial charge in [-0.25, -0.2) is 14.1 Å². The molecule has 1 saturated heterocycles.